The molecular formula is C23H27N3O5S. The number of nitrogens with two attached hydrogens (primary N) is 1. The van der Waals surface area contributed by atoms with E-state index in [1.165, 1.54) is 4.31 Å². The molecule has 2 aliphatic heterocycles. The standard InChI is InChI=1S/C23H27N3O5S/c24-22(27)14-17-5-7-19(8-6-17)31-16-23(28)26-13-3-4-18-15-20(9-10-21(18)26)32(29,30)25-11-1-2-12-25/h5-10,15H,1-4,11-14,16H2,(H2,24,27). The van der Waals surface area contributed by atoms with Crippen LogP contribution in [0.3, 0.4) is 0 Å². The van der Waals surface area contributed by atoms with E-state index in [2.05, 4.69) is 0 Å². The van der Waals surface area contributed by atoms with E-state index in [1.807, 2.05) is 0 Å². The molecule has 4 rings (SSSR count). The Balaban J connectivity index is 1.44. The Hall–Kier alpha value is -2.91. The van der Waals surface area contributed by atoms with Gasteiger partial charge in [-0.25, -0.2) is 8.42 Å². The maximum absolute atomic E-state index is 12.9. The minimum atomic E-state index is -3.49. The number of nitrogens with zero attached hydrogens (tertiary/aromatic N) is 2. The highest BCUT2D eigenvalue weighted by atomic mass is 32.2. The second kappa shape index (κ2) is 9.30. The molecule has 0 saturated carbocycles. The predicted octanol–water partition coefficient (Wildman–Crippen LogP) is 1.86. The molecule has 170 valence electrons. The fraction of sp³-hybridized carbons (Fsp3) is 0.391. The number of carbonyl (C=O) groups excluding carboxylic acids is 2. The molecule has 2 aliphatic rings. The fourth-order valence-electron chi connectivity index (χ4n) is 4.20. The molecule has 0 bridgehead atoms. The summed E-state index contributed by atoms with van der Waals surface area (Å²) in [7, 11) is -3.49. The van der Waals surface area contributed by atoms with E-state index in [-0.39, 0.29) is 18.9 Å². The number of sulfonamides is 1. The number of hydrogen-bond donors (Lipinski definition) is 1. The highest BCUT2D eigenvalue weighted by Crippen LogP contribution is 2.31. The van der Waals surface area contributed by atoms with Crippen molar-refractivity contribution in [2.24, 2.45) is 5.73 Å². The first-order valence-electron chi connectivity index (χ1n) is 10.8. The summed E-state index contributed by atoms with van der Waals surface area (Å²) in [5.74, 6) is -0.0767. The average molecular weight is 458 g/mol. The van der Waals surface area contributed by atoms with Crippen LogP contribution < -0.4 is 15.4 Å². The van der Waals surface area contributed by atoms with Crippen LogP contribution in [0, 0.1) is 0 Å². The average Bonchev–Trinajstić information content (AvgIpc) is 3.33. The van der Waals surface area contributed by atoms with Gasteiger partial charge in [0, 0.05) is 25.3 Å². The number of aryl methyl sites for hydroxylation is 1. The van der Waals surface area contributed by atoms with Gasteiger partial charge in [-0.3, -0.25) is 9.59 Å². The Morgan fingerprint density at radius 3 is 2.38 bits per heavy atom. The zero-order chi connectivity index (χ0) is 22.7. The van der Waals surface area contributed by atoms with Gasteiger partial charge in [-0.05, 0) is 67.1 Å². The van der Waals surface area contributed by atoms with E-state index in [1.54, 1.807) is 47.4 Å². The smallest absolute Gasteiger partial charge is 0.264 e. The molecule has 9 heteroatoms. The van der Waals surface area contributed by atoms with Crippen molar-refractivity contribution >= 4 is 27.5 Å². The number of fused-ring (bicyclic) bond motifs is 1. The van der Waals surface area contributed by atoms with Crippen molar-refractivity contribution < 1.29 is 22.7 Å². The van der Waals surface area contributed by atoms with Crippen molar-refractivity contribution in [3.8, 4) is 5.75 Å². The van der Waals surface area contributed by atoms with Crippen LogP contribution in [0.1, 0.15) is 30.4 Å². The number of carbonyl (C=O) groups is 2. The predicted molar refractivity (Wildman–Crippen MR) is 120 cm³/mol. The second-order valence-corrected chi connectivity index (χ2v) is 10.1. The van der Waals surface area contributed by atoms with E-state index >= 15 is 0 Å². The fourth-order valence-corrected chi connectivity index (χ4v) is 5.77. The van der Waals surface area contributed by atoms with Crippen LogP contribution in [0.5, 0.6) is 5.75 Å². The van der Waals surface area contributed by atoms with E-state index in [4.69, 9.17) is 10.5 Å². The lowest BCUT2D eigenvalue weighted by atomic mass is 10.0. The Bertz CT molecular complexity index is 1110. The van der Waals surface area contributed by atoms with E-state index in [9.17, 15) is 18.0 Å². The van der Waals surface area contributed by atoms with Gasteiger partial charge < -0.3 is 15.4 Å². The Kier molecular flexibility index (Phi) is 6.48. The van der Waals surface area contributed by atoms with E-state index < -0.39 is 15.9 Å². The van der Waals surface area contributed by atoms with Crippen LogP contribution >= 0.6 is 0 Å². The molecule has 0 spiro atoms. The molecule has 1 saturated heterocycles. The molecule has 32 heavy (non-hydrogen) atoms. The summed E-state index contributed by atoms with van der Waals surface area (Å²) in [4.78, 5) is 25.8. The molecule has 2 aromatic carbocycles. The molecule has 2 amide bonds. The van der Waals surface area contributed by atoms with Gasteiger partial charge in [-0.2, -0.15) is 4.31 Å². The van der Waals surface area contributed by atoms with Gasteiger partial charge in [-0.1, -0.05) is 12.1 Å². The van der Waals surface area contributed by atoms with Gasteiger partial charge in [0.05, 0.1) is 11.3 Å². The zero-order valence-electron chi connectivity index (χ0n) is 17.8. The van der Waals surface area contributed by atoms with Crippen LogP contribution in [-0.2, 0) is 32.5 Å². The third kappa shape index (κ3) is 4.78. The lowest BCUT2D eigenvalue weighted by Crippen LogP contribution is -2.38. The van der Waals surface area contributed by atoms with Gasteiger partial charge >= 0.3 is 0 Å². The van der Waals surface area contributed by atoms with Crippen LogP contribution in [0.25, 0.3) is 0 Å². The molecular weight excluding hydrogens is 430 g/mol. The van der Waals surface area contributed by atoms with E-state index in [0.29, 0.717) is 30.3 Å². The van der Waals surface area contributed by atoms with Crippen LogP contribution in [-0.4, -0.2) is 50.8 Å². The minimum Gasteiger partial charge on any atom is -0.484 e. The molecule has 8 nitrogen and oxygen atoms in total. The lowest BCUT2D eigenvalue weighted by molar-refractivity contribution is -0.120. The third-order valence-corrected chi connectivity index (χ3v) is 7.73. The number of anilines is 1. The number of primary amides is 1. The summed E-state index contributed by atoms with van der Waals surface area (Å²) in [5.41, 5.74) is 7.57. The molecule has 0 unspecified atom stereocenters. The number of hydrogen-bond acceptors (Lipinski definition) is 5. The molecule has 2 N–H and O–H groups in total. The second-order valence-electron chi connectivity index (χ2n) is 8.13. The molecule has 1 fully saturated rings. The number of amides is 2. The van der Waals surface area contributed by atoms with Gasteiger partial charge in [0.1, 0.15) is 5.75 Å². The highest BCUT2D eigenvalue weighted by molar-refractivity contribution is 7.89. The summed E-state index contributed by atoms with van der Waals surface area (Å²) >= 11 is 0. The maximum atomic E-state index is 12.9. The highest BCUT2D eigenvalue weighted by Gasteiger charge is 2.29. The van der Waals surface area contributed by atoms with Gasteiger partial charge in [-0.15, -0.1) is 0 Å². The number of ether oxygens (including phenoxy) is 1. The summed E-state index contributed by atoms with van der Waals surface area (Å²) < 4.78 is 32.9. The topological polar surface area (TPSA) is 110 Å². The van der Waals surface area contributed by atoms with Crippen LogP contribution in [0.2, 0.25) is 0 Å². The molecule has 2 aromatic rings. The molecule has 0 aromatic heterocycles. The Labute approximate surface area is 188 Å². The van der Waals surface area contributed by atoms with Crippen LogP contribution in [0.4, 0.5) is 5.69 Å². The number of benzene rings is 2. The van der Waals surface area contributed by atoms with Crippen molar-refractivity contribution in [2.75, 3.05) is 31.1 Å². The maximum Gasteiger partial charge on any atom is 0.264 e. The first-order valence-corrected chi connectivity index (χ1v) is 12.2. The Morgan fingerprint density at radius 1 is 0.969 bits per heavy atom. The van der Waals surface area contributed by atoms with Crippen molar-refractivity contribution in [3.63, 3.8) is 0 Å². The lowest BCUT2D eigenvalue weighted by Gasteiger charge is -2.30. The normalized spacial score (nSPS) is 16.6. The van der Waals surface area contributed by atoms with Crippen molar-refractivity contribution in [2.45, 2.75) is 37.0 Å². The first-order chi connectivity index (χ1) is 15.3. The molecule has 0 aliphatic carbocycles. The van der Waals surface area contributed by atoms with Gasteiger partial charge in [0.25, 0.3) is 5.91 Å². The van der Waals surface area contributed by atoms with Gasteiger partial charge in [0.2, 0.25) is 15.9 Å². The minimum absolute atomic E-state index is 0.136. The monoisotopic (exact) mass is 457 g/mol. The quantitative estimate of drug-likeness (QED) is 0.682. The summed E-state index contributed by atoms with van der Waals surface area (Å²) in [6.07, 6.45) is 3.41. The zero-order valence-corrected chi connectivity index (χ0v) is 18.6. The first kappa shape index (κ1) is 22.3. The summed E-state index contributed by atoms with van der Waals surface area (Å²) in [5, 5.41) is 0. The van der Waals surface area contributed by atoms with Crippen molar-refractivity contribution in [1.29, 1.82) is 0 Å². The molecule has 0 radical (unpaired) electrons. The third-order valence-electron chi connectivity index (χ3n) is 5.84. The SMILES string of the molecule is NC(=O)Cc1ccc(OCC(=O)N2CCCc3cc(S(=O)(=O)N4CCCC4)ccc32)cc1. The largest absolute Gasteiger partial charge is 0.484 e. The van der Waals surface area contributed by atoms with Crippen molar-refractivity contribution in [1.82, 2.24) is 4.31 Å². The molecule has 2 heterocycles. The molecule has 0 atom stereocenters. The van der Waals surface area contributed by atoms with Crippen molar-refractivity contribution in [3.05, 3.63) is 53.6 Å². The number of rotatable bonds is 7. The summed E-state index contributed by atoms with van der Waals surface area (Å²) in [6, 6.07) is 11.9. The van der Waals surface area contributed by atoms with Gasteiger partial charge in [0.15, 0.2) is 6.61 Å². The summed E-state index contributed by atoms with van der Waals surface area (Å²) in [6.45, 7) is 1.54. The van der Waals surface area contributed by atoms with Crippen LogP contribution in [0.15, 0.2) is 47.4 Å². The Morgan fingerprint density at radius 2 is 1.69 bits per heavy atom. The van der Waals surface area contributed by atoms with E-state index in [0.717, 1.165) is 42.5 Å².